The summed E-state index contributed by atoms with van der Waals surface area (Å²) >= 11 is 0. The summed E-state index contributed by atoms with van der Waals surface area (Å²) in [4.78, 5) is 31.7. The molecule has 2 heterocycles. The van der Waals surface area contributed by atoms with E-state index in [0.29, 0.717) is 17.1 Å². The molecule has 1 N–H and O–H groups in total. The van der Waals surface area contributed by atoms with Gasteiger partial charge in [0.25, 0.3) is 11.5 Å². The van der Waals surface area contributed by atoms with Gasteiger partial charge in [-0.15, -0.1) is 0 Å². The minimum absolute atomic E-state index is 0.261. The Hall–Kier alpha value is -3.23. The van der Waals surface area contributed by atoms with E-state index < -0.39 is 23.2 Å². The first kappa shape index (κ1) is 15.7. The van der Waals surface area contributed by atoms with Crippen LogP contribution in [-0.2, 0) is 6.18 Å². The number of nitrogens with zero attached hydrogens (tertiary/aromatic N) is 3. The van der Waals surface area contributed by atoms with E-state index in [0.717, 1.165) is 23.1 Å². The average molecular weight is 334 g/mol. The van der Waals surface area contributed by atoms with Crippen LogP contribution in [0.3, 0.4) is 0 Å². The normalized spacial score (nSPS) is 11.5. The first-order valence-electron chi connectivity index (χ1n) is 6.67. The van der Waals surface area contributed by atoms with Gasteiger partial charge in [-0.3, -0.25) is 20.0 Å². The van der Waals surface area contributed by atoms with Crippen molar-refractivity contribution in [3.63, 3.8) is 0 Å². The molecule has 24 heavy (non-hydrogen) atoms. The molecular formula is C15H9F3N4O2. The number of hydrogen-bond acceptors (Lipinski definition) is 4. The lowest BCUT2D eigenvalue weighted by Gasteiger charge is -2.09. The summed E-state index contributed by atoms with van der Waals surface area (Å²) in [5.41, 5.74) is 0.952. The Morgan fingerprint density at radius 2 is 1.83 bits per heavy atom. The standard InChI is InChI=1S/C15H9F3N4O2/c16-15(17,18)9-5-6-12(19-7-9)13(23)21-22-8-20-11-4-2-1-3-10(11)14(22)24/h1-8H,(H,21,23). The van der Waals surface area contributed by atoms with Crippen LogP contribution in [0.1, 0.15) is 16.1 Å². The fourth-order valence-electron chi connectivity index (χ4n) is 2.01. The Morgan fingerprint density at radius 3 is 2.50 bits per heavy atom. The maximum absolute atomic E-state index is 12.5. The molecular weight excluding hydrogens is 325 g/mol. The van der Waals surface area contributed by atoms with Crippen LogP contribution in [0, 0.1) is 0 Å². The second-order valence-electron chi connectivity index (χ2n) is 4.81. The number of aromatic nitrogens is 3. The van der Waals surface area contributed by atoms with Crippen molar-refractivity contribution >= 4 is 16.8 Å². The molecule has 1 aromatic carbocycles. The molecule has 0 saturated carbocycles. The first-order chi connectivity index (χ1) is 11.4. The van der Waals surface area contributed by atoms with Crippen molar-refractivity contribution in [2.24, 2.45) is 0 Å². The molecule has 0 bridgehead atoms. The highest BCUT2D eigenvalue weighted by Gasteiger charge is 2.30. The van der Waals surface area contributed by atoms with Gasteiger partial charge >= 0.3 is 6.18 Å². The van der Waals surface area contributed by atoms with E-state index in [9.17, 15) is 22.8 Å². The lowest BCUT2D eigenvalue weighted by Crippen LogP contribution is -2.33. The zero-order valence-electron chi connectivity index (χ0n) is 11.9. The van der Waals surface area contributed by atoms with Gasteiger partial charge in [0.05, 0.1) is 16.5 Å². The molecule has 1 amide bonds. The molecule has 0 radical (unpaired) electrons. The Morgan fingerprint density at radius 1 is 1.08 bits per heavy atom. The van der Waals surface area contributed by atoms with Gasteiger partial charge in [-0.05, 0) is 24.3 Å². The molecule has 2 aromatic heterocycles. The number of carbonyl (C=O) groups excluding carboxylic acids is 1. The Kier molecular flexibility index (Phi) is 3.76. The second kappa shape index (κ2) is 5.76. The zero-order chi connectivity index (χ0) is 17.3. The van der Waals surface area contributed by atoms with Crippen LogP contribution in [0.25, 0.3) is 10.9 Å². The third-order valence-electron chi connectivity index (χ3n) is 3.21. The molecule has 0 aliphatic heterocycles. The van der Waals surface area contributed by atoms with Crippen molar-refractivity contribution in [2.75, 3.05) is 5.43 Å². The number of amides is 1. The molecule has 6 nitrogen and oxygen atoms in total. The van der Waals surface area contributed by atoms with E-state index >= 15 is 0 Å². The highest BCUT2D eigenvalue weighted by Crippen LogP contribution is 2.28. The van der Waals surface area contributed by atoms with E-state index in [-0.39, 0.29) is 5.69 Å². The number of nitrogens with one attached hydrogen (secondary N) is 1. The second-order valence-corrected chi connectivity index (χ2v) is 4.81. The highest BCUT2D eigenvalue weighted by molar-refractivity contribution is 5.98. The summed E-state index contributed by atoms with van der Waals surface area (Å²) in [5, 5.41) is 0.292. The maximum Gasteiger partial charge on any atom is 0.417 e. The minimum Gasteiger partial charge on any atom is -0.267 e. The Balaban J connectivity index is 1.87. The van der Waals surface area contributed by atoms with Crippen molar-refractivity contribution in [3.05, 3.63) is 70.5 Å². The fourth-order valence-corrected chi connectivity index (χ4v) is 2.01. The van der Waals surface area contributed by atoms with Crippen molar-refractivity contribution < 1.29 is 18.0 Å². The Labute approximate surface area is 132 Å². The number of fused-ring (bicyclic) bond motifs is 1. The summed E-state index contributed by atoms with van der Waals surface area (Å²) in [7, 11) is 0. The van der Waals surface area contributed by atoms with Crippen LogP contribution in [0.5, 0.6) is 0 Å². The van der Waals surface area contributed by atoms with Gasteiger partial charge in [0.1, 0.15) is 12.0 Å². The van der Waals surface area contributed by atoms with Crippen molar-refractivity contribution in [3.8, 4) is 0 Å². The monoisotopic (exact) mass is 334 g/mol. The number of hydrogen-bond donors (Lipinski definition) is 1. The molecule has 0 fully saturated rings. The number of para-hydroxylation sites is 1. The largest absolute Gasteiger partial charge is 0.417 e. The summed E-state index contributed by atoms with van der Waals surface area (Å²) in [6.45, 7) is 0. The van der Waals surface area contributed by atoms with Gasteiger partial charge in [-0.2, -0.15) is 13.2 Å². The number of carbonyl (C=O) groups is 1. The van der Waals surface area contributed by atoms with Crippen LogP contribution in [-0.4, -0.2) is 20.6 Å². The summed E-state index contributed by atoms with van der Waals surface area (Å²) < 4.78 is 38.3. The molecule has 0 atom stereocenters. The molecule has 0 saturated heterocycles. The molecule has 0 spiro atoms. The van der Waals surface area contributed by atoms with Crippen molar-refractivity contribution in [1.82, 2.24) is 14.6 Å². The van der Waals surface area contributed by atoms with Crippen LogP contribution < -0.4 is 11.0 Å². The summed E-state index contributed by atoms with van der Waals surface area (Å²) in [6.07, 6.45) is -2.87. The molecule has 3 rings (SSSR count). The quantitative estimate of drug-likeness (QED) is 0.779. The first-order valence-corrected chi connectivity index (χ1v) is 6.67. The van der Waals surface area contributed by atoms with E-state index in [1.165, 1.54) is 0 Å². The molecule has 122 valence electrons. The maximum atomic E-state index is 12.5. The third kappa shape index (κ3) is 2.96. The average Bonchev–Trinajstić information content (AvgIpc) is 2.57. The van der Waals surface area contributed by atoms with E-state index in [2.05, 4.69) is 15.4 Å². The van der Waals surface area contributed by atoms with Crippen LogP contribution in [0.2, 0.25) is 0 Å². The minimum atomic E-state index is -4.54. The van der Waals surface area contributed by atoms with Crippen LogP contribution >= 0.6 is 0 Å². The van der Waals surface area contributed by atoms with E-state index in [1.807, 2.05) is 0 Å². The van der Waals surface area contributed by atoms with Gasteiger partial charge in [0.15, 0.2) is 0 Å². The Bertz CT molecular complexity index is 965. The SMILES string of the molecule is O=C(Nn1cnc2ccccc2c1=O)c1ccc(C(F)(F)F)cn1. The van der Waals surface area contributed by atoms with Gasteiger partial charge in [-0.25, -0.2) is 9.66 Å². The predicted molar refractivity (Wildman–Crippen MR) is 78.9 cm³/mol. The van der Waals surface area contributed by atoms with E-state index in [4.69, 9.17) is 0 Å². The van der Waals surface area contributed by atoms with Crippen molar-refractivity contribution in [2.45, 2.75) is 6.18 Å². The smallest absolute Gasteiger partial charge is 0.267 e. The van der Waals surface area contributed by atoms with Gasteiger partial charge in [0.2, 0.25) is 0 Å². The number of pyridine rings is 1. The number of alkyl halides is 3. The van der Waals surface area contributed by atoms with Gasteiger partial charge in [0, 0.05) is 6.20 Å². The summed E-state index contributed by atoms with van der Waals surface area (Å²) in [5.74, 6) is -0.831. The lowest BCUT2D eigenvalue weighted by molar-refractivity contribution is -0.137. The van der Waals surface area contributed by atoms with Crippen molar-refractivity contribution in [1.29, 1.82) is 0 Å². The third-order valence-corrected chi connectivity index (χ3v) is 3.21. The summed E-state index contributed by atoms with van der Waals surface area (Å²) in [6, 6.07) is 8.21. The number of rotatable bonds is 2. The molecule has 9 heteroatoms. The number of benzene rings is 1. The number of halogens is 3. The van der Waals surface area contributed by atoms with Gasteiger partial charge in [-0.1, -0.05) is 12.1 Å². The molecule has 0 aliphatic carbocycles. The van der Waals surface area contributed by atoms with E-state index in [1.54, 1.807) is 24.3 Å². The highest BCUT2D eigenvalue weighted by atomic mass is 19.4. The lowest BCUT2D eigenvalue weighted by atomic mass is 10.2. The zero-order valence-corrected chi connectivity index (χ0v) is 11.9. The predicted octanol–water partition coefficient (Wildman–Crippen LogP) is 2.19. The molecule has 0 aliphatic rings. The molecule has 0 unspecified atom stereocenters. The molecule has 3 aromatic rings. The van der Waals surface area contributed by atoms with Crippen LogP contribution in [0.15, 0.2) is 53.7 Å². The van der Waals surface area contributed by atoms with Gasteiger partial charge < -0.3 is 0 Å². The fraction of sp³-hybridized carbons (Fsp3) is 0.0667. The van der Waals surface area contributed by atoms with Crippen LogP contribution in [0.4, 0.5) is 13.2 Å². The topological polar surface area (TPSA) is 76.9 Å².